The van der Waals surface area contributed by atoms with Gasteiger partial charge in [-0.3, -0.25) is 4.57 Å². The van der Waals surface area contributed by atoms with E-state index >= 15 is 0 Å². The SMILES string of the molecule is Cc1nccn1-c1ncccc1NCc1cc[nH]c1. The molecular formula is C14H15N5. The van der Waals surface area contributed by atoms with Gasteiger partial charge in [0.2, 0.25) is 0 Å². The molecule has 0 saturated heterocycles. The van der Waals surface area contributed by atoms with Gasteiger partial charge in [-0.05, 0) is 30.7 Å². The second-order valence-electron chi connectivity index (χ2n) is 4.29. The van der Waals surface area contributed by atoms with Crippen LogP contribution in [0.25, 0.3) is 5.82 Å². The average Bonchev–Trinajstić information content (AvgIpc) is 3.08. The Morgan fingerprint density at radius 1 is 1.26 bits per heavy atom. The molecule has 0 aliphatic heterocycles. The van der Waals surface area contributed by atoms with Gasteiger partial charge in [0.15, 0.2) is 5.82 Å². The van der Waals surface area contributed by atoms with E-state index in [1.54, 1.807) is 12.4 Å². The molecule has 0 fully saturated rings. The predicted octanol–water partition coefficient (Wildman–Crippen LogP) is 2.52. The molecule has 5 nitrogen and oxygen atoms in total. The lowest BCUT2D eigenvalue weighted by atomic mass is 10.3. The first kappa shape index (κ1) is 11.5. The normalized spacial score (nSPS) is 10.6. The number of aromatic nitrogens is 4. The minimum absolute atomic E-state index is 0.760. The van der Waals surface area contributed by atoms with Crippen LogP contribution in [0.4, 0.5) is 5.69 Å². The fourth-order valence-electron chi connectivity index (χ4n) is 1.99. The lowest BCUT2D eigenvalue weighted by molar-refractivity contribution is 0.929. The summed E-state index contributed by atoms with van der Waals surface area (Å²) in [6, 6.07) is 6.00. The van der Waals surface area contributed by atoms with Gasteiger partial charge in [-0.2, -0.15) is 0 Å². The van der Waals surface area contributed by atoms with Gasteiger partial charge in [-0.15, -0.1) is 0 Å². The molecule has 0 atom stereocenters. The number of hydrogen-bond acceptors (Lipinski definition) is 3. The molecule has 3 aromatic heterocycles. The van der Waals surface area contributed by atoms with Gasteiger partial charge in [-0.25, -0.2) is 9.97 Å². The lowest BCUT2D eigenvalue weighted by Gasteiger charge is -2.12. The third-order valence-electron chi connectivity index (χ3n) is 2.99. The van der Waals surface area contributed by atoms with Crippen LogP contribution in [0.3, 0.4) is 0 Å². The number of imidazole rings is 1. The Morgan fingerprint density at radius 2 is 2.21 bits per heavy atom. The summed E-state index contributed by atoms with van der Waals surface area (Å²) < 4.78 is 1.97. The van der Waals surface area contributed by atoms with E-state index in [9.17, 15) is 0 Å². The molecule has 3 rings (SSSR count). The first-order valence-corrected chi connectivity index (χ1v) is 6.15. The van der Waals surface area contributed by atoms with Crippen molar-refractivity contribution in [3.05, 3.63) is 60.6 Å². The van der Waals surface area contributed by atoms with E-state index in [1.807, 2.05) is 48.3 Å². The van der Waals surface area contributed by atoms with Crippen LogP contribution >= 0.6 is 0 Å². The number of pyridine rings is 1. The maximum Gasteiger partial charge on any atom is 0.161 e. The van der Waals surface area contributed by atoms with Crippen molar-refractivity contribution in [2.24, 2.45) is 0 Å². The van der Waals surface area contributed by atoms with E-state index in [-0.39, 0.29) is 0 Å². The summed E-state index contributed by atoms with van der Waals surface area (Å²) in [5.74, 6) is 1.79. The Bertz CT molecular complexity index is 654. The highest BCUT2D eigenvalue weighted by Crippen LogP contribution is 2.19. The zero-order valence-corrected chi connectivity index (χ0v) is 10.7. The van der Waals surface area contributed by atoms with Crippen molar-refractivity contribution in [1.29, 1.82) is 0 Å². The Labute approximate surface area is 111 Å². The number of H-pyrrole nitrogens is 1. The second-order valence-corrected chi connectivity index (χ2v) is 4.29. The fourth-order valence-corrected chi connectivity index (χ4v) is 1.99. The highest BCUT2D eigenvalue weighted by atomic mass is 15.1. The molecule has 0 radical (unpaired) electrons. The number of nitrogens with one attached hydrogen (secondary N) is 2. The molecule has 0 aromatic carbocycles. The van der Waals surface area contributed by atoms with Crippen molar-refractivity contribution in [2.75, 3.05) is 5.32 Å². The average molecular weight is 253 g/mol. The molecule has 3 heterocycles. The zero-order chi connectivity index (χ0) is 13.1. The van der Waals surface area contributed by atoms with E-state index < -0.39 is 0 Å². The fraction of sp³-hybridized carbons (Fsp3) is 0.143. The zero-order valence-electron chi connectivity index (χ0n) is 10.7. The number of nitrogens with zero attached hydrogens (tertiary/aromatic N) is 3. The molecule has 0 saturated carbocycles. The first-order chi connectivity index (χ1) is 9.34. The largest absolute Gasteiger partial charge is 0.378 e. The quantitative estimate of drug-likeness (QED) is 0.751. The minimum Gasteiger partial charge on any atom is -0.378 e. The van der Waals surface area contributed by atoms with Crippen LogP contribution in [0.2, 0.25) is 0 Å². The molecule has 0 amide bonds. The summed E-state index contributed by atoms with van der Waals surface area (Å²) in [4.78, 5) is 11.7. The number of hydrogen-bond donors (Lipinski definition) is 2. The topological polar surface area (TPSA) is 58.5 Å². The van der Waals surface area contributed by atoms with Gasteiger partial charge in [-0.1, -0.05) is 0 Å². The predicted molar refractivity (Wildman–Crippen MR) is 74.2 cm³/mol. The summed E-state index contributed by atoms with van der Waals surface area (Å²) in [6.07, 6.45) is 9.38. The lowest BCUT2D eigenvalue weighted by Crippen LogP contribution is -2.06. The Morgan fingerprint density at radius 3 is 2.95 bits per heavy atom. The van der Waals surface area contributed by atoms with Crippen molar-refractivity contribution in [3.8, 4) is 5.82 Å². The molecule has 0 spiro atoms. The number of aryl methyl sites for hydroxylation is 1. The summed E-state index contributed by atoms with van der Waals surface area (Å²) >= 11 is 0. The Kier molecular flexibility index (Phi) is 3.02. The Hall–Kier alpha value is -2.56. The molecule has 96 valence electrons. The third-order valence-corrected chi connectivity index (χ3v) is 2.99. The van der Waals surface area contributed by atoms with Crippen LogP contribution < -0.4 is 5.32 Å². The van der Waals surface area contributed by atoms with Gasteiger partial charge in [0.1, 0.15) is 5.82 Å². The van der Waals surface area contributed by atoms with Crippen LogP contribution in [0.15, 0.2) is 49.2 Å². The van der Waals surface area contributed by atoms with Crippen molar-refractivity contribution in [1.82, 2.24) is 19.5 Å². The summed E-state index contributed by atoms with van der Waals surface area (Å²) in [5.41, 5.74) is 2.20. The highest BCUT2D eigenvalue weighted by molar-refractivity contribution is 5.57. The van der Waals surface area contributed by atoms with E-state index in [0.29, 0.717) is 0 Å². The van der Waals surface area contributed by atoms with Gasteiger partial charge < -0.3 is 10.3 Å². The van der Waals surface area contributed by atoms with Crippen LogP contribution in [0, 0.1) is 6.92 Å². The van der Waals surface area contributed by atoms with Gasteiger partial charge in [0.05, 0.1) is 5.69 Å². The summed E-state index contributed by atoms with van der Waals surface area (Å²) in [6.45, 7) is 2.72. The number of anilines is 1. The van der Waals surface area contributed by atoms with E-state index in [1.165, 1.54) is 5.56 Å². The monoisotopic (exact) mass is 253 g/mol. The maximum absolute atomic E-state index is 4.43. The van der Waals surface area contributed by atoms with E-state index in [0.717, 1.165) is 23.9 Å². The van der Waals surface area contributed by atoms with E-state index in [4.69, 9.17) is 0 Å². The molecule has 2 N–H and O–H groups in total. The van der Waals surface area contributed by atoms with Gasteiger partial charge in [0.25, 0.3) is 0 Å². The Balaban J connectivity index is 1.88. The molecule has 19 heavy (non-hydrogen) atoms. The van der Waals surface area contributed by atoms with Crippen LogP contribution in [0.1, 0.15) is 11.4 Å². The van der Waals surface area contributed by atoms with Gasteiger partial charge >= 0.3 is 0 Å². The summed E-state index contributed by atoms with van der Waals surface area (Å²) in [5, 5.41) is 3.40. The van der Waals surface area contributed by atoms with Crippen molar-refractivity contribution in [2.45, 2.75) is 13.5 Å². The van der Waals surface area contributed by atoms with Crippen LogP contribution in [0.5, 0.6) is 0 Å². The summed E-state index contributed by atoms with van der Waals surface area (Å²) in [7, 11) is 0. The molecule has 0 aliphatic carbocycles. The highest BCUT2D eigenvalue weighted by Gasteiger charge is 2.07. The molecule has 0 unspecified atom stereocenters. The van der Waals surface area contributed by atoms with E-state index in [2.05, 4.69) is 20.3 Å². The first-order valence-electron chi connectivity index (χ1n) is 6.15. The van der Waals surface area contributed by atoms with Gasteiger partial charge in [0, 0.05) is 37.5 Å². The molecule has 0 bridgehead atoms. The minimum atomic E-state index is 0.760. The standard InChI is InChI=1S/C14H15N5/c1-11-16-7-8-19(11)14-13(3-2-5-17-14)18-10-12-4-6-15-9-12/h2-9,15,18H,10H2,1H3. The smallest absolute Gasteiger partial charge is 0.161 e. The third kappa shape index (κ3) is 2.35. The molecule has 3 aromatic rings. The van der Waals surface area contributed by atoms with Crippen LogP contribution in [-0.4, -0.2) is 19.5 Å². The molecule has 0 aliphatic rings. The van der Waals surface area contributed by atoms with Crippen molar-refractivity contribution < 1.29 is 0 Å². The van der Waals surface area contributed by atoms with Crippen molar-refractivity contribution in [3.63, 3.8) is 0 Å². The second kappa shape index (κ2) is 4.97. The van der Waals surface area contributed by atoms with Crippen molar-refractivity contribution >= 4 is 5.69 Å². The number of rotatable bonds is 4. The van der Waals surface area contributed by atoms with Crippen LogP contribution in [-0.2, 0) is 6.54 Å². The maximum atomic E-state index is 4.43. The number of aromatic amines is 1. The molecule has 5 heteroatoms. The molecular weight excluding hydrogens is 238 g/mol.